The van der Waals surface area contributed by atoms with Gasteiger partial charge >= 0.3 is 0 Å². The molecule has 1 aliphatic rings. The zero-order valence-electron chi connectivity index (χ0n) is 11.9. The van der Waals surface area contributed by atoms with Crippen LogP contribution in [0.3, 0.4) is 0 Å². The van der Waals surface area contributed by atoms with E-state index in [0.717, 1.165) is 56.7 Å². The first-order valence-electron chi connectivity index (χ1n) is 7.27. The second kappa shape index (κ2) is 6.24. The third-order valence-electron chi connectivity index (χ3n) is 3.94. The van der Waals surface area contributed by atoms with Crippen molar-refractivity contribution in [2.75, 3.05) is 32.8 Å². The molecule has 6 nitrogen and oxygen atoms in total. The van der Waals surface area contributed by atoms with Gasteiger partial charge in [-0.05, 0) is 18.6 Å². The fourth-order valence-corrected chi connectivity index (χ4v) is 2.79. The maximum absolute atomic E-state index is 10.8. The zero-order chi connectivity index (χ0) is 14.7. The molecule has 2 heterocycles. The summed E-state index contributed by atoms with van der Waals surface area (Å²) in [4.78, 5) is 12.8. The number of aryl methyl sites for hydroxylation is 1. The van der Waals surface area contributed by atoms with Crippen molar-refractivity contribution in [1.29, 1.82) is 0 Å². The molecule has 0 N–H and O–H groups in total. The third kappa shape index (κ3) is 3.22. The van der Waals surface area contributed by atoms with Crippen LogP contribution in [0.1, 0.15) is 6.42 Å². The fraction of sp³-hybridized carbons (Fsp3) is 0.467. The first kappa shape index (κ1) is 14.0. The summed E-state index contributed by atoms with van der Waals surface area (Å²) in [6.45, 7) is 5.68. The second-order valence-electron chi connectivity index (χ2n) is 5.32. The molecule has 1 saturated heterocycles. The molecule has 3 rings (SSSR count). The van der Waals surface area contributed by atoms with Crippen LogP contribution in [0.5, 0.6) is 0 Å². The van der Waals surface area contributed by atoms with Gasteiger partial charge in [0.15, 0.2) is 0 Å². The normalized spacial score (nSPS) is 16.4. The number of rotatable bonds is 5. The molecule has 1 fully saturated rings. The van der Waals surface area contributed by atoms with E-state index in [1.807, 2.05) is 18.3 Å². The van der Waals surface area contributed by atoms with Crippen LogP contribution < -0.4 is 0 Å². The predicted octanol–water partition coefficient (Wildman–Crippen LogP) is 2.27. The van der Waals surface area contributed by atoms with Crippen LogP contribution >= 0.6 is 0 Å². The highest BCUT2D eigenvalue weighted by molar-refractivity contribution is 5.82. The molecule has 1 aliphatic heterocycles. The quantitative estimate of drug-likeness (QED) is 0.626. The number of morpholine rings is 1. The molecular weight excluding hydrogens is 270 g/mol. The molecule has 0 bridgehead atoms. The van der Waals surface area contributed by atoms with E-state index in [2.05, 4.69) is 9.47 Å². The van der Waals surface area contributed by atoms with E-state index in [-0.39, 0.29) is 10.6 Å². The lowest BCUT2D eigenvalue weighted by Crippen LogP contribution is -2.37. The molecule has 0 amide bonds. The van der Waals surface area contributed by atoms with Crippen LogP contribution in [0.25, 0.3) is 10.9 Å². The Balaban J connectivity index is 1.63. The van der Waals surface area contributed by atoms with Gasteiger partial charge in [0.2, 0.25) is 0 Å². The lowest BCUT2D eigenvalue weighted by molar-refractivity contribution is -0.384. The molecule has 6 heteroatoms. The SMILES string of the molecule is O=[N+]([O-])c1ccc2c(ccn2CCCN2CCOCC2)c1. The molecule has 1 aromatic carbocycles. The molecule has 0 spiro atoms. The highest BCUT2D eigenvalue weighted by Crippen LogP contribution is 2.22. The van der Waals surface area contributed by atoms with Crippen LogP contribution in [-0.4, -0.2) is 47.2 Å². The standard InChI is InChI=1S/C15H19N3O3/c19-18(20)14-2-3-15-13(12-14)4-7-17(15)6-1-5-16-8-10-21-11-9-16/h2-4,7,12H,1,5-6,8-11H2. The van der Waals surface area contributed by atoms with Crippen molar-refractivity contribution in [2.45, 2.75) is 13.0 Å². The number of hydrogen-bond acceptors (Lipinski definition) is 4. The minimum Gasteiger partial charge on any atom is -0.379 e. The van der Waals surface area contributed by atoms with Gasteiger partial charge in [0.1, 0.15) is 0 Å². The molecule has 0 atom stereocenters. The van der Waals surface area contributed by atoms with Gasteiger partial charge in [0, 0.05) is 55.4 Å². The molecule has 21 heavy (non-hydrogen) atoms. The predicted molar refractivity (Wildman–Crippen MR) is 80.5 cm³/mol. The van der Waals surface area contributed by atoms with Crippen molar-refractivity contribution in [1.82, 2.24) is 9.47 Å². The highest BCUT2D eigenvalue weighted by atomic mass is 16.6. The Labute approximate surface area is 123 Å². The number of nitro groups is 1. The number of nitro benzene ring substituents is 1. The summed E-state index contributed by atoms with van der Waals surface area (Å²) in [7, 11) is 0. The molecule has 2 aromatic rings. The van der Waals surface area contributed by atoms with Gasteiger partial charge < -0.3 is 9.30 Å². The molecule has 112 valence electrons. The number of aromatic nitrogens is 1. The average molecular weight is 289 g/mol. The molecular formula is C15H19N3O3. The Hall–Kier alpha value is -1.92. The lowest BCUT2D eigenvalue weighted by Gasteiger charge is -2.26. The van der Waals surface area contributed by atoms with E-state index < -0.39 is 0 Å². The Morgan fingerprint density at radius 3 is 2.76 bits per heavy atom. The highest BCUT2D eigenvalue weighted by Gasteiger charge is 2.11. The number of fused-ring (bicyclic) bond motifs is 1. The zero-order valence-corrected chi connectivity index (χ0v) is 11.9. The van der Waals surface area contributed by atoms with Crippen molar-refractivity contribution in [3.63, 3.8) is 0 Å². The van der Waals surface area contributed by atoms with Crippen molar-refractivity contribution in [3.05, 3.63) is 40.6 Å². The largest absolute Gasteiger partial charge is 0.379 e. The van der Waals surface area contributed by atoms with Gasteiger partial charge in [0.05, 0.1) is 18.1 Å². The summed E-state index contributed by atoms with van der Waals surface area (Å²) in [5.74, 6) is 0. The monoisotopic (exact) mass is 289 g/mol. The molecule has 0 unspecified atom stereocenters. The van der Waals surface area contributed by atoms with Crippen molar-refractivity contribution < 1.29 is 9.66 Å². The Bertz CT molecular complexity index is 632. The van der Waals surface area contributed by atoms with E-state index in [1.54, 1.807) is 12.1 Å². The average Bonchev–Trinajstić information content (AvgIpc) is 2.91. The van der Waals surface area contributed by atoms with Crippen molar-refractivity contribution in [2.24, 2.45) is 0 Å². The van der Waals surface area contributed by atoms with Gasteiger partial charge in [-0.1, -0.05) is 0 Å². The lowest BCUT2D eigenvalue weighted by atomic mass is 10.2. The van der Waals surface area contributed by atoms with Gasteiger partial charge in [-0.3, -0.25) is 15.0 Å². The Kier molecular flexibility index (Phi) is 4.17. The maximum Gasteiger partial charge on any atom is 0.270 e. The van der Waals surface area contributed by atoms with E-state index in [4.69, 9.17) is 4.74 Å². The van der Waals surface area contributed by atoms with Crippen LogP contribution in [0.4, 0.5) is 5.69 Å². The second-order valence-corrected chi connectivity index (χ2v) is 5.32. The number of nitrogens with zero attached hydrogens (tertiary/aromatic N) is 3. The molecule has 0 radical (unpaired) electrons. The minimum atomic E-state index is -0.352. The first-order chi connectivity index (χ1) is 10.2. The summed E-state index contributed by atoms with van der Waals surface area (Å²) in [5, 5.41) is 11.7. The summed E-state index contributed by atoms with van der Waals surface area (Å²) in [6, 6.07) is 6.98. The summed E-state index contributed by atoms with van der Waals surface area (Å²) < 4.78 is 7.50. The summed E-state index contributed by atoms with van der Waals surface area (Å²) in [5.41, 5.74) is 1.20. The maximum atomic E-state index is 10.8. The van der Waals surface area contributed by atoms with Gasteiger partial charge in [-0.25, -0.2) is 0 Å². The van der Waals surface area contributed by atoms with Crippen LogP contribution in [0.15, 0.2) is 30.5 Å². The van der Waals surface area contributed by atoms with Crippen molar-refractivity contribution in [3.8, 4) is 0 Å². The van der Waals surface area contributed by atoms with E-state index >= 15 is 0 Å². The van der Waals surface area contributed by atoms with Gasteiger partial charge in [-0.15, -0.1) is 0 Å². The summed E-state index contributed by atoms with van der Waals surface area (Å²) in [6.07, 6.45) is 3.08. The number of benzene rings is 1. The van der Waals surface area contributed by atoms with E-state index in [9.17, 15) is 10.1 Å². The molecule has 1 aromatic heterocycles. The third-order valence-corrected chi connectivity index (χ3v) is 3.94. The van der Waals surface area contributed by atoms with Crippen LogP contribution in [0, 0.1) is 10.1 Å². The fourth-order valence-electron chi connectivity index (χ4n) is 2.79. The van der Waals surface area contributed by atoms with E-state index in [0.29, 0.717) is 0 Å². The van der Waals surface area contributed by atoms with Gasteiger partial charge in [-0.2, -0.15) is 0 Å². The molecule has 0 saturated carbocycles. The first-order valence-corrected chi connectivity index (χ1v) is 7.27. The number of hydrogen-bond donors (Lipinski definition) is 0. The summed E-state index contributed by atoms with van der Waals surface area (Å²) >= 11 is 0. The molecule has 0 aliphatic carbocycles. The minimum absolute atomic E-state index is 0.147. The van der Waals surface area contributed by atoms with Crippen LogP contribution in [0.2, 0.25) is 0 Å². The van der Waals surface area contributed by atoms with Crippen LogP contribution in [-0.2, 0) is 11.3 Å². The van der Waals surface area contributed by atoms with Gasteiger partial charge in [0.25, 0.3) is 5.69 Å². The van der Waals surface area contributed by atoms with Crippen molar-refractivity contribution >= 4 is 16.6 Å². The number of ether oxygens (including phenoxy) is 1. The Morgan fingerprint density at radius 2 is 2.00 bits per heavy atom. The number of non-ortho nitro benzene ring substituents is 1. The van der Waals surface area contributed by atoms with E-state index in [1.165, 1.54) is 0 Å². The Morgan fingerprint density at radius 1 is 1.19 bits per heavy atom. The smallest absolute Gasteiger partial charge is 0.270 e. The topological polar surface area (TPSA) is 60.5 Å².